The highest BCUT2D eigenvalue weighted by atomic mass is 32.2. The number of unbranched alkanes of at least 4 members (excludes halogenated alkanes) is 1. The lowest BCUT2D eigenvalue weighted by Crippen LogP contribution is -2.33. The smallest absolute Gasteiger partial charge is 0.233 e. The van der Waals surface area contributed by atoms with Crippen LogP contribution in [-0.2, 0) is 37.7 Å². The van der Waals surface area contributed by atoms with E-state index in [1.165, 1.54) is 31.3 Å². The van der Waals surface area contributed by atoms with Crippen molar-refractivity contribution >= 4 is 31.6 Å². The number of anilines is 1. The fourth-order valence-corrected chi connectivity index (χ4v) is 6.59. The van der Waals surface area contributed by atoms with E-state index in [0.717, 1.165) is 10.6 Å². The third kappa shape index (κ3) is 8.49. The van der Waals surface area contributed by atoms with Gasteiger partial charge in [-0.2, -0.15) is 4.98 Å². The van der Waals surface area contributed by atoms with E-state index >= 15 is 0 Å². The van der Waals surface area contributed by atoms with E-state index in [1.54, 1.807) is 43.3 Å². The van der Waals surface area contributed by atoms with Crippen LogP contribution >= 0.6 is 0 Å². The molecule has 0 spiro atoms. The Bertz CT molecular complexity index is 1550. The molecule has 0 fully saturated rings. The zero-order valence-corrected chi connectivity index (χ0v) is 25.3. The van der Waals surface area contributed by atoms with Crippen LogP contribution in [0, 0.1) is 5.82 Å². The summed E-state index contributed by atoms with van der Waals surface area (Å²) in [5.74, 6) is -1.20. The van der Waals surface area contributed by atoms with Crippen LogP contribution in [0.2, 0.25) is 0 Å². The van der Waals surface area contributed by atoms with Crippen LogP contribution in [0.5, 0.6) is 5.88 Å². The maximum atomic E-state index is 13.4. The predicted octanol–water partition coefficient (Wildman–Crippen LogP) is 4.23. The number of halogens is 1. The third-order valence-corrected chi connectivity index (χ3v) is 9.58. The maximum Gasteiger partial charge on any atom is 0.233 e. The second kappa shape index (κ2) is 13.9. The van der Waals surface area contributed by atoms with Crippen LogP contribution in [0.15, 0.2) is 65.6 Å². The van der Waals surface area contributed by atoms with Crippen molar-refractivity contribution in [1.29, 1.82) is 0 Å². The minimum Gasteiger partial charge on any atom is -0.473 e. The number of carbonyl (C=O) groups excluding carboxylic acids is 1. The first kappa shape index (κ1) is 32.0. The first-order valence-corrected chi connectivity index (χ1v) is 16.8. The molecule has 222 valence electrons. The lowest BCUT2D eigenvalue weighted by Gasteiger charge is -2.26. The summed E-state index contributed by atoms with van der Waals surface area (Å²) >= 11 is 0. The molecular formula is C29H36FN3O6S2. The molecule has 1 heterocycles. The molecule has 2 aromatic carbocycles. The standard InChI is InChI=1S/C29H36FN3O6S2/c1-5-23-19-26(21(2)28(34)31-3)29(39-20-22-13-15-24(30)16-14-22)32-27(23)33(40(4,35)36)17-9-10-18-41(37,38)25-11-7-6-8-12-25/h6-8,11-16,19,21H,5,9-10,17-18,20H2,1-4H3,(H,31,34). The zero-order chi connectivity index (χ0) is 30.2. The van der Waals surface area contributed by atoms with Crippen molar-refractivity contribution in [2.45, 2.75) is 50.5 Å². The summed E-state index contributed by atoms with van der Waals surface area (Å²) in [6.45, 7) is 3.56. The number of hydrogen-bond donors (Lipinski definition) is 1. The van der Waals surface area contributed by atoms with E-state index in [2.05, 4.69) is 10.3 Å². The van der Waals surface area contributed by atoms with Crippen LogP contribution in [0.3, 0.4) is 0 Å². The Kier molecular flexibility index (Phi) is 10.9. The summed E-state index contributed by atoms with van der Waals surface area (Å²) in [6.07, 6.45) is 1.99. The highest BCUT2D eigenvalue weighted by molar-refractivity contribution is 7.92. The van der Waals surface area contributed by atoms with E-state index in [0.29, 0.717) is 23.1 Å². The van der Waals surface area contributed by atoms with E-state index in [9.17, 15) is 26.0 Å². The molecular weight excluding hydrogens is 569 g/mol. The normalized spacial score (nSPS) is 12.5. The minimum atomic E-state index is -3.82. The molecule has 0 aliphatic carbocycles. The van der Waals surface area contributed by atoms with E-state index < -0.39 is 31.6 Å². The van der Waals surface area contributed by atoms with Gasteiger partial charge in [-0.05, 0) is 67.6 Å². The van der Waals surface area contributed by atoms with Crippen molar-refractivity contribution in [1.82, 2.24) is 10.3 Å². The summed E-state index contributed by atoms with van der Waals surface area (Å²) in [6, 6.07) is 15.6. The monoisotopic (exact) mass is 605 g/mol. The first-order valence-electron chi connectivity index (χ1n) is 13.3. The molecule has 1 aromatic heterocycles. The summed E-state index contributed by atoms with van der Waals surface area (Å²) < 4.78 is 71.7. The minimum absolute atomic E-state index is 0.00485. The number of rotatable bonds is 14. The Morgan fingerprint density at radius 1 is 1.05 bits per heavy atom. The number of carbonyl (C=O) groups is 1. The largest absolute Gasteiger partial charge is 0.473 e. The Hall–Kier alpha value is -3.51. The fourth-order valence-electron chi connectivity index (χ4n) is 4.26. The summed E-state index contributed by atoms with van der Waals surface area (Å²) in [5, 5.41) is 2.61. The molecule has 41 heavy (non-hydrogen) atoms. The fraction of sp³-hybridized carbons (Fsp3) is 0.379. The second-order valence-corrected chi connectivity index (χ2v) is 13.7. The van der Waals surface area contributed by atoms with E-state index in [4.69, 9.17) is 4.74 Å². The van der Waals surface area contributed by atoms with Gasteiger partial charge in [-0.1, -0.05) is 37.3 Å². The van der Waals surface area contributed by atoms with Gasteiger partial charge in [0.05, 0.1) is 22.8 Å². The molecule has 3 rings (SSSR count). The Morgan fingerprint density at radius 2 is 1.71 bits per heavy atom. The number of amides is 1. The van der Waals surface area contributed by atoms with Gasteiger partial charge in [-0.25, -0.2) is 21.2 Å². The van der Waals surface area contributed by atoms with Crippen molar-refractivity contribution in [2.24, 2.45) is 0 Å². The highest BCUT2D eigenvalue weighted by Crippen LogP contribution is 2.33. The van der Waals surface area contributed by atoms with Gasteiger partial charge in [0.2, 0.25) is 21.8 Å². The molecule has 3 aromatic rings. The molecule has 0 saturated carbocycles. The van der Waals surface area contributed by atoms with E-state index in [1.807, 2.05) is 6.92 Å². The summed E-state index contributed by atoms with van der Waals surface area (Å²) in [4.78, 5) is 17.3. The number of sulfone groups is 1. The van der Waals surface area contributed by atoms with Crippen molar-refractivity contribution in [3.8, 4) is 5.88 Å². The van der Waals surface area contributed by atoms with Gasteiger partial charge >= 0.3 is 0 Å². The van der Waals surface area contributed by atoms with Crippen LogP contribution in [-0.4, -0.2) is 53.3 Å². The van der Waals surface area contributed by atoms with Gasteiger partial charge in [0.1, 0.15) is 18.2 Å². The number of likely N-dealkylation sites (N-methyl/N-ethyl adjacent to an activating group) is 1. The number of nitrogens with one attached hydrogen (secondary N) is 1. The topological polar surface area (TPSA) is 123 Å². The van der Waals surface area contributed by atoms with Crippen molar-refractivity contribution < 1.29 is 30.8 Å². The zero-order valence-electron chi connectivity index (χ0n) is 23.6. The molecule has 0 bridgehead atoms. The van der Waals surface area contributed by atoms with E-state index in [-0.39, 0.29) is 54.2 Å². The number of nitrogens with zero attached hydrogens (tertiary/aromatic N) is 2. The third-order valence-electron chi connectivity index (χ3n) is 6.61. The Labute approximate surface area is 241 Å². The summed E-state index contributed by atoms with van der Waals surface area (Å²) in [5.41, 5.74) is 1.73. The number of aryl methyl sites for hydroxylation is 1. The van der Waals surface area contributed by atoms with Crippen molar-refractivity contribution in [3.05, 3.63) is 83.2 Å². The molecule has 1 unspecified atom stereocenters. The molecule has 12 heteroatoms. The Balaban J connectivity index is 1.92. The molecule has 1 atom stereocenters. The lowest BCUT2D eigenvalue weighted by atomic mass is 9.98. The molecule has 0 radical (unpaired) electrons. The quantitative estimate of drug-likeness (QED) is 0.273. The average Bonchev–Trinajstić information content (AvgIpc) is 2.95. The number of sulfonamides is 1. The van der Waals surface area contributed by atoms with Crippen LogP contribution < -0.4 is 14.4 Å². The number of aromatic nitrogens is 1. The van der Waals surface area contributed by atoms with Gasteiger partial charge < -0.3 is 10.1 Å². The van der Waals surface area contributed by atoms with Gasteiger partial charge in [0, 0.05) is 19.2 Å². The van der Waals surface area contributed by atoms with Gasteiger partial charge in [-0.15, -0.1) is 0 Å². The number of ether oxygens (including phenoxy) is 1. The van der Waals surface area contributed by atoms with Crippen molar-refractivity contribution in [2.75, 3.05) is 29.9 Å². The first-order chi connectivity index (χ1) is 19.4. The highest BCUT2D eigenvalue weighted by Gasteiger charge is 2.27. The molecule has 9 nitrogen and oxygen atoms in total. The number of pyridine rings is 1. The van der Waals surface area contributed by atoms with Gasteiger partial charge in [0.15, 0.2) is 9.84 Å². The second-order valence-electron chi connectivity index (χ2n) is 9.64. The molecule has 0 aliphatic rings. The Morgan fingerprint density at radius 3 is 2.29 bits per heavy atom. The van der Waals surface area contributed by atoms with Crippen LogP contribution in [0.25, 0.3) is 0 Å². The maximum absolute atomic E-state index is 13.4. The van der Waals surface area contributed by atoms with Crippen LogP contribution in [0.4, 0.5) is 10.2 Å². The van der Waals surface area contributed by atoms with Gasteiger partial charge in [-0.3, -0.25) is 9.10 Å². The van der Waals surface area contributed by atoms with Crippen molar-refractivity contribution in [3.63, 3.8) is 0 Å². The predicted molar refractivity (Wildman–Crippen MR) is 157 cm³/mol. The average molecular weight is 606 g/mol. The molecule has 1 N–H and O–H groups in total. The SMILES string of the molecule is CCc1cc(C(C)C(=O)NC)c(OCc2ccc(F)cc2)nc1N(CCCCS(=O)(=O)c1ccccc1)S(C)(=O)=O. The number of benzene rings is 2. The van der Waals surface area contributed by atoms with Gasteiger partial charge in [0.25, 0.3) is 0 Å². The lowest BCUT2D eigenvalue weighted by molar-refractivity contribution is -0.121. The van der Waals surface area contributed by atoms with Crippen LogP contribution in [0.1, 0.15) is 49.3 Å². The summed E-state index contributed by atoms with van der Waals surface area (Å²) in [7, 11) is -5.80. The molecule has 0 saturated heterocycles. The molecule has 1 amide bonds. The molecule has 0 aliphatic heterocycles. The number of hydrogen-bond acceptors (Lipinski definition) is 7.